The average Bonchev–Trinajstić information content (AvgIpc) is 2.79. The van der Waals surface area contributed by atoms with E-state index in [1.807, 2.05) is 12.1 Å². The number of nitrogens with zero attached hydrogens (tertiary/aromatic N) is 1. The van der Waals surface area contributed by atoms with E-state index in [-0.39, 0.29) is 17.9 Å². The second-order valence-corrected chi connectivity index (χ2v) is 6.33. The molecule has 0 spiro atoms. The maximum atomic E-state index is 12.4. The summed E-state index contributed by atoms with van der Waals surface area (Å²) in [5, 5.41) is 2.85. The van der Waals surface area contributed by atoms with Crippen LogP contribution in [0.2, 0.25) is 0 Å². The Hall–Kier alpha value is -0.880. The molecule has 0 saturated carbocycles. The van der Waals surface area contributed by atoms with Gasteiger partial charge in [-0.25, -0.2) is 0 Å². The van der Waals surface area contributed by atoms with Crippen LogP contribution in [0, 0.1) is 0 Å². The van der Waals surface area contributed by atoms with Crippen molar-refractivity contribution in [1.82, 2.24) is 10.2 Å². The van der Waals surface area contributed by atoms with Crippen molar-refractivity contribution in [3.05, 3.63) is 32.7 Å². The average molecular weight is 390 g/mol. The van der Waals surface area contributed by atoms with E-state index in [0.29, 0.717) is 18.7 Å². The zero-order valence-corrected chi connectivity index (χ0v) is 13.6. The van der Waals surface area contributed by atoms with Gasteiger partial charge in [-0.15, -0.1) is 0 Å². The number of rotatable bonds is 2. The maximum absolute atomic E-state index is 12.4. The molecule has 1 aliphatic rings. The third kappa shape index (κ3) is 3.57. The minimum atomic E-state index is -0.0528. The molecule has 1 aliphatic heterocycles. The zero-order valence-electron chi connectivity index (χ0n) is 10.5. The number of carbonyl (C=O) groups excluding carboxylic acids is 2. The number of nitrogens with one attached hydrogen (secondary N) is 1. The van der Waals surface area contributed by atoms with Gasteiger partial charge in [0.2, 0.25) is 5.91 Å². The number of benzene rings is 1. The fraction of sp³-hybridized carbons (Fsp3) is 0.385. The summed E-state index contributed by atoms with van der Waals surface area (Å²) in [6, 6.07) is 5.59. The van der Waals surface area contributed by atoms with Crippen LogP contribution in [0.5, 0.6) is 0 Å². The van der Waals surface area contributed by atoms with E-state index in [9.17, 15) is 9.59 Å². The van der Waals surface area contributed by atoms with Crippen LogP contribution in [-0.2, 0) is 4.79 Å². The molecular formula is C13H14Br2N2O2. The lowest BCUT2D eigenvalue weighted by molar-refractivity contribution is -0.119. The van der Waals surface area contributed by atoms with Crippen molar-refractivity contribution < 1.29 is 9.59 Å². The minimum absolute atomic E-state index is 0.0129. The standard InChI is InChI=1S/C13H14Br2N2O2/c1-8(18)16-10-4-5-17(7-10)13(19)11-6-9(14)2-3-12(11)15/h2-3,6,10H,4-5,7H2,1H3,(H,16,18). The van der Waals surface area contributed by atoms with Gasteiger partial charge >= 0.3 is 0 Å². The highest BCUT2D eigenvalue weighted by Gasteiger charge is 2.28. The summed E-state index contributed by atoms with van der Waals surface area (Å²) in [7, 11) is 0. The number of halogens is 2. The van der Waals surface area contributed by atoms with Gasteiger partial charge in [-0.05, 0) is 40.5 Å². The number of likely N-dealkylation sites (tertiary alicyclic amines) is 1. The molecule has 1 heterocycles. The Morgan fingerprint density at radius 3 is 2.79 bits per heavy atom. The van der Waals surface area contributed by atoms with E-state index >= 15 is 0 Å². The van der Waals surface area contributed by atoms with Gasteiger partial charge in [0.1, 0.15) is 0 Å². The lowest BCUT2D eigenvalue weighted by atomic mass is 10.2. The van der Waals surface area contributed by atoms with Crippen molar-refractivity contribution in [2.75, 3.05) is 13.1 Å². The molecule has 0 radical (unpaired) electrons. The molecule has 2 rings (SSSR count). The van der Waals surface area contributed by atoms with Gasteiger partial charge in [0.05, 0.1) is 5.56 Å². The molecule has 1 saturated heterocycles. The van der Waals surface area contributed by atoms with Crippen molar-refractivity contribution in [1.29, 1.82) is 0 Å². The highest BCUT2D eigenvalue weighted by Crippen LogP contribution is 2.24. The van der Waals surface area contributed by atoms with Crippen LogP contribution in [-0.4, -0.2) is 35.8 Å². The highest BCUT2D eigenvalue weighted by atomic mass is 79.9. The Kier molecular flexibility index (Phi) is 4.62. The molecule has 1 N–H and O–H groups in total. The molecule has 2 amide bonds. The first-order chi connectivity index (χ1) is 8.97. The molecule has 4 nitrogen and oxygen atoms in total. The molecular weight excluding hydrogens is 376 g/mol. The van der Waals surface area contributed by atoms with Crippen LogP contribution in [0.4, 0.5) is 0 Å². The first-order valence-corrected chi connectivity index (χ1v) is 7.57. The second kappa shape index (κ2) is 6.05. The summed E-state index contributed by atoms with van der Waals surface area (Å²) in [4.78, 5) is 25.2. The van der Waals surface area contributed by atoms with Crippen molar-refractivity contribution in [3.63, 3.8) is 0 Å². The van der Waals surface area contributed by atoms with E-state index in [4.69, 9.17) is 0 Å². The summed E-state index contributed by atoms with van der Waals surface area (Å²) in [6.07, 6.45) is 0.803. The Labute approximate surface area is 128 Å². The second-order valence-electron chi connectivity index (χ2n) is 4.56. The van der Waals surface area contributed by atoms with Gasteiger partial charge < -0.3 is 10.2 Å². The summed E-state index contributed by atoms with van der Waals surface area (Å²) < 4.78 is 1.65. The van der Waals surface area contributed by atoms with Crippen LogP contribution in [0.15, 0.2) is 27.1 Å². The molecule has 0 aromatic heterocycles. The Morgan fingerprint density at radius 2 is 2.11 bits per heavy atom. The van der Waals surface area contributed by atoms with Gasteiger partial charge in [0, 0.05) is 35.0 Å². The van der Waals surface area contributed by atoms with Gasteiger partial charge in [-0.2, -0.15) is 0 Å². The fourth-order valence-corrected chi connectivity index (χ4v) is 2.96. The van der Waals surface area contributed by atoms with Crippen molar-refractivity contribution in [2.24, 2.45) is 0 Å². The third-order valence-corrected chi connectivity index (χ3v) is 4.23. The Morgan fingerprint density at radius 1 is 1.37 bits per heavy atom. The first kappa shape index (κ1) is 14.5. The summed E-state index contributed by atoms with van der Waals surface area (Å²) in [5.41, 5.74) is 0.637. The van der Waals surface area contributed by atoms with Crippen LogP contribution in [0.1, 0.15) is 23.7 Å². The van der Waals surface area contributed by atoms with Crippen molar-refractivity contribution in [2.45, 2.75) is 19.4 Å². The van der Waals surface area contributed by atoms with Gasteiger partial charge in [0.15, 0.2) is 0 Å². The number of hydrogen-bond acceptors (Lipinski definition) is 2. The molecule has 1 fully saturated rings. The first-order valence-electron chi connectivity index (χ1n) is 5.99. The summed E-state index contributed by atoms with van der Waals surface area (Å²) in [5.74, 6) is -0.0658. The Balaban J connectivity index is 2.09. The lowest BCUT2D eigenvalue weighted by Gasteiger charge is -2.17. The largest absolute Gasteiger partial charge is 0.352 e. The fourth-order valence-electron chi connectivity index (χ4n) is 2.18. The van der Waals surface area contributed by atoms with Crippen molar-refractivity contribution >= 4 is 43.7 Å². The smallest absolute Gasteiger partial charge is 0.255 e. The van der Waals surface area contributed by atoms with E-state index in [1.165, 1.54) is 6.92 Å². The lowest BCUT2D eigenvalue weighted by Crippen LogP contribution is -2.37. The summed E-state index contributed by atoms with van der Waals surface area (Å²) >= 11 is 6.76. The topological polar surface area (TPSA) is 49.4 Å². The highest BCUT2D eigenvalue weighted by molar-refractivity contribution is 9.11. The molecule has 1 atom stereocenters. The van der Waals surface area contributed by atoms with E-state index in [2.05, 4.69) is 37.2 Å². The monoisotopic (exact) mass is 388 g/mol. The quantitative estimate of drug-likeness (QED) is 0.844. The molecule has 102 valence electrons. The Bertz CT molecular complexity index is 519. The maximum Gasteiger partial charge on any atom is 0.255 e. The normalized spacial score (nSPS) is 18.5. The van der Waals surface area contributed by atoms with Crippen LogP contribution < -0.4 is 5.32 Å². The molecule has 0 aliphatic carbocycles. The predicted octanol–water partition coefficient (Wildman–Crippen LogP) is 2.56. The molecule has 19 heavy (non-hydrogen) atoms. The molecule has 1 aromatic rings. The SMILES string of the molecule is CC(=O)NC1CCN(C(=O)c2cc(Br)ccc2Br)C1. The van der Waals surface area contributed by atoms with Crippen molar-refractivity contribution in [3.8, 4) is 0 Å². The van der Waals surface area contributed by atoms with Gasteiger partial charge in [-0.3, -0.25) is 9.59 Å². The molecule has 1 aromatic carbocycles. The molecule has 6 heteroatoms. The zero-order chi connectivity index (χ0) is 14.0. The molecule has 1 unspecified atom stereocenters. The van der Waals surface area contributed by atoms with E-state index in [1.54, 1.807) is 11.0 Å². The third-order valence-electron chi connectivity index (χ3n) is 3.04. The van der Waals surface area contributed by atoms with E-state index in [0.717, 1.165) is 15.4 Å². The van der Waals surface area contributed by atoms with Crippen LogP contribution >= 0.6 is 31.9 Å². The summed E-state index contributed by atoms with van der Waals surface area (Å²) in [6.45, 7) is 2.73. The number of carbonyl (C=O) groups is 2. The van der Waals surface area contributed by atoms with E-state index < -0.39 is 0 Å². The predicted molar refractivity (Wildman–Crippen MR) is 80.0 cm³/mol. The number of hydrogen-bond donors (Lipinski definition) is 1. The van der Waals surface area contributed by atoms with Crippen LogP contribution in [0.3, 0.4) is 0 Å². The molecule has 0 bridgehead atoms. The number of amides is 2. The van der Waals surface area contributed by atoms with Gasteiger partial charge in [-0.1, -0.05) is 15.9 Å². The minimum Gasteiger partial charge on any atom is -0.352 e. The van der Waals surface area contributed by atoms with Crippen LogP contribution in [0.25, 0.3) is 0 Å². The van der Waals surface area contributed by atoms with Gasteiger partial charge in [0.25, 0.3) is 5.91 Å².